The number of aromatic carboxylic acids is 1. The highest BCUT2D eigenvalue weighted by molar-refractivity contribution is 5.98. The predicted octanol–water partition coefficient (Wildman–Crippen LogP) is 6.70. The van der Waals surface area contributed by atoms with E-state index in [-0.39, 0.29) is 32.0 Å². The van der Waals surface area contributed by atoms with E-state index in [0.29, 0.717) is 42.9 Å². The summed E-state index contributed by atoms with van der Waals surface area (Å²) < 4.78 is 0. The van der Waals surface area contributed by atoms with Gasteiger partial charge in [0, 0.05) is 85.0 Å². The Morgan fingerprint density at radius 3 is 1.59 bits per heavy atom. The van der Waals surface area contributed by atoms with Crippen LogP contribution in [0.2, 0.25) is 0 Å². The van der Waals surface area contributed by atoms with Crippen molar-refractivity contribution in [2.45, 2.75) is 69.9 Å². The number of carbonyl (C=O) groups is 3. The van der Waals surface area contributed by atoms with Gasteiger partial charge in [-0.1, -0.05) is 115 Å². The largest absolute Gasteiger partial charge is 0.475 e. The van der Waals surface area contributed by atoms with Crippen LogP contribution in [0.5, 0.6) is 0 Å². The number of nitrogens with one attached hydrogen (secondary N) is 2. The highest BCUT2D eigenvalue weighted by Gasteiger charge is 2.26. The fraction of sp³-hybridized carbons (Fsp3) is 0.315. The average molecular weight is 941 g/mol. The minimum Gasteiger partial charge on any atom is -0.475 e. The van der Waals surface area contributed by atoms with E-state index in [1.54, 1.807) is 11.9 Å². The second-order valence-electron chi connectivity index (χ2n) is 17.9. The molecule has 2 aromatic heterocycles. The number of rotatable bonds is 8. The highest BCUT2D eigenvalue weighted by atomic mass is 16.4. The highest BCUT2D eigenvalue weighted by Crippen LogP contribution is 2.29. The third-order valence-corrected chi connectivity index (χ3v) is 12.6. The Morgan fingerprint density at radius 1 is 0.600 bits per heavy atom. The van der Waals surface area contributed by atoms with E-state index in [1.165, 1.54) is 28.1 Å². The first-order chi connectivity index (χ1) is 33.4. The molecule has 5 heterocycles. The molecular weight excluding hydrogens is 877 g/mol. The zero-order chi connectivity index (χ0) is 48.7. The minimum atomic E-state index is -1.12. The molecule has 10 rings (SSSR count). The van der Waals surface area contributed by atoms with E-state index in [4.69, 9.17) is 16.6 Å². The van der Waals surface area contributed by atoms with Crippen molar-refractivity contribution in [3.05, 3.63) is 185 Å². The molecule has 3 aliphatic rings. The number of carboxylic acids is 1. The van der Waals surface area contributed by atoms with Gasteiger partial charge in [0.25, 0.3) is 5.82 Å². The number of likely N-dealkylation sites (N-methyl/N-ethyl adjacent to an activating group) is 2. The first-order valence-electron chi connectivity index (χ1n) is 23.5. The topological polar surface area (TPSA) is 216 Å². The van der Waals surface area contributed by atoms with Crippen LogP contribution in [0.15, 0.2) is 133 Å². The summed E-state index contributed by atoms with van der Waals surface area (Å²) in [4.78, 5) is 49.4. The van der Waals surface area contributed by atoms with Crippen LogP contribution in [0.25, 0.3) is 0 Å². The number of nitrogens with zero attached hydrogens (tertiary/aromatic N) is 7. The maximum atomic E-state index is 12.7. The van der Waals surface area contributed by atoms with E-state index < -0.39 is 5.97 Å². The van der Waals surface area contributed by atoms with Gasteiger partial charge in [0.1, 0.15) is 11.6 Å². The van der Waals surface area contributed by atoms with E-state index in [9.17, 15) is 14.4 Å². The summed E-state index contributed by atoms with van der Waals surface area (Å²) in [5, 5.41) is 21.9. The molecule has 7 aromatic rings. The van der Waals surface area contributed by atoms with Crippen molar-refractivity contribution in [2.24, 2.45) is 17.4 Å². The number of aromatic nitrogens is 6. The molecular formula is C54H63BN11O4. The van der Waals surface area contributed by atoms with Gasteiger partial charge in [-0.3, -0.25) is 19.8 Å². The van der Waals surface area contributed by atoms with E-state index >= 15 is 0 Å². The van der Waals surface area contributed by atoms with Crippen molar-refractivity contribution in [3.8, 4) is 0 Å². The van der Waals surface area contributed by atoms with Crippen LogP contribution in [0, 0.1) is 5.92 Å². The minimum absolute atomic E-state index is 0. The smallest absolute Gasteiger partial charge is 0.375 e. The lowest BCUT2D eigenvalue weighted by Gasteiger charge is -2.22. The number of carboxylic acid groups (broad SMARTS) is 1. The van der Waals surface area contributed by atoms with Gasteiger partial charge in [0.05, 0.1) is 6.04 Å². The Bertz CT molecular complexity index is 2770. The summed E-state index contributed by atoms with van der Waals surface area (Å²) >= 11 is 0. The normalized spacial score (nSPS) is 17.1. The van der Waals surface area contributed by atoms with Crippen molar-refractivity contribution in [1.82, 2.24) is 30.4 Å². The number of fused-ring (bicyclic) bond motifs is 3. The molecule has 3 atom stereocenters. The summed E-state index contributed by atoms with van der Waals surface area (Å²) in [6.07, 6.45) is 7.54. The predicted molar refractivity (Wildman–Crippen MR) is 277 cm³/mol. The Balaban J connectivity index is 0.000000161. The van der Waals surface area contributed by atoms with Crippen LogP contribution in [-0.2, 0) is 36.9 Å². The number of amides is 1. The van der Waals surface area contributed by atoms with Crippen molar-refractivity contribution < 1.29 is 19.5 Å². The quantitative estimate of drug-likeness (QED) is 0.0795. The van der Waals surface area contributed by atoms with Gasteiger partial charge in [0.15, 0.2) is 0 Å². The second kappa shape index (κ2) is 25.3. The molecule has 16 heteroatoms. The molecule has 7 N–H and O–H groups in total. The molecule has 5 aromatic carbocycles. The monoisotopic (exact) mass is 941 g/mol. The zero-order valence-corrected chi connectivity index (χ0v) is 40.2. The standard InChI is InChI=1S/C22H24N4O.C11H14N2O.C11H16N2.C10H9N3O2.B/c1-26-15-17(11-12-18-9-5-6-10-19(18)26)13-20(27)22-23-21(24-25-22)14-16-7-3-2-4-8-16;1-13-10-5-3-2-4-8(10)6-7-9(12)11(13)14;1-13-8-10(12)7-6-9-4-2-3-5-11(9)13;14-10(15)9-11-8(12-13-9)6-7-4-2-1-3-5-7;/h2-10,17H,11-15H2,1H3,(H,23,24,25);2-5,9H,6-7,12H2,1H3;2-5,10H,6-8,12H2,1H3;1-5H,6H2,(H,14,15)(H,11,12,13);. The molecule has 3 radical (unpaired) electrons. The van der Waals surface area contributed by atoms with Crippen LogP contribution in [0.3, 0.4) is 0 Å². The summed E-state index contributed by atoms with van der Waals surface area (Å²) in [7, 11) is 6.00. The molecule has 0 spiro atoms. The second-order valence-corrected chi connectivity index (χ2v) is 17.9. The lowest BCUT2D eigenvalue weighted by Crippen LogP contribution is -2.40. The number of Topliss-reactive ketones (excluding diaryl/α,β-unsaturated/α-hetero) is 1. The zero-order valence-electron chi connectivity index (χ0n) is 40.2. The van der Waals surface area contributed by atoms with Crippen molar-refractivity contribution in [1.29, 1.82) is 0 Å². The van der Waals surface area contributed by atoms with Crippen molar-refractivity contribution in [3.63, 3.8) is 0 Å². The van der Waals surface area contributed by atoms with Gasteiger partial charge in [-0.25, -0.2) is 14.8 Å². The number of hydrogen-bond acceptors (Lipinski definition) is 11. The first-order valence-corrected chi connectivity index (χ1v) is 23.5. The maximum absolute atomic E-state index is 12.7. The first kappa shape index (κ1) is 52.0. The third-order valence-electron chi connectivity index (χ3n) is 12.6. The number of nitrogens with two attached hydrogens (primary N) is 2. The Labute approximate surface area is 412 Å². The molecule has 0 aliphatic carbocycles. The van der Waals surface area contributed by atoms with Crippen LogP contribution in [0.4, 0.5) is 17.1 Å². The van der Waals surface area contributed by atoms with Crippen LogP contribution in [0.1, 0.15) is 86.4 Å². The van der Waals surface area contributed by atoms with Gasteiger partial charge in [-0.2, -0.15) is 5.10 Å². The fourth-order valence-electron chi connectivity index (χ4n) is 8.93. The van der Waals surface area contributed by atoms with Gasteiger partial charge in [-0.15, -0.1) is 5.10 Å². The van der Waals surface area contributed by atoms with E-state index in [2.05, 4.69) is 109 Å². The number of anilines is 3. The maximum Gasteiger partial charge on any atom is 0.375 e. The van der Waals surface area contributed by atoms with Crippen LogP contribution in [-0.4, -0.2) is 108 Å². The molecule has 0 fully saturated rings. The third kappa shape index (κ3) is 14.3. The number of aromatic amines is 2. The Hall–Kier alpha value is -7.43. The SMILES string of the molecule is CN1C(=O)C(N)CCc2ccccc21.CN1CC(CC(=O)c2n[nH]c(Cc3ccccc3)n2)CCc2ccccc21.CN1CC(N)CCc2ccccc21.O=C(O)c1n[nH]c(Cc2ccccc2)n1.[B]. The number of ketones is 1. The molecule has 361 valence electrons. The summed E-state index contributed by atoms with van der Waals surface area (Å²) in [6, 6.07) is 44.7. The Morgan fingerprint density at radius 2 is 1.04 bits per heavy atom. The number of H-pyrrole nitrogens is 2. The Kier molecular flexibility index (Phi) is 18.7. The lowest BCUT2D eigenvalue weighted by atomic mass is 9.95. The van der Waals surface area contributed by atoms with Crippen molar-refractivity contribution in [2.75, 3.05) is 48.9 Å². The van der Waals surface area contributed by atoms with Crippen molar-refractivity contribution >= 4 is 43.1 Å². The number of hydrogen-bond donors (Lipinski definition) is 5. The number of carbonyl (C=O) groups excluding carboxylic acids is 2. The van der Waals surface area contributed by atoms with Gasteiger partial charge in [-0.05, 0) is 90.5 Å². The molecule has 0 bridgehead atoms. The summed E-state index contributed by atoms with van der Waals surface area (Å²) in [5.74, 6) is 0.626. The lowest BCUT2D eigenvalue weighted by molar-refractivity contribution is -0.119. The van der Waals surface area contributed by atoms with Crippen LogP contribution >= 0.6 is 0 Å². The van der Waals surface area contributed by atoms with Gasteiger partial charge in [0.2, 0.25) is 17.5 Å². The van der Waals surface area contributed by atoms with E-state index in [0.717, 1.165) is 74.3 Å². The summed E-state index contributed by atoms with van der Waals surface area (Å²) in [6.45, 7) is 1.85. The molecule has 15 nitrogen and oxygen atoms in total. The molecule has 0 saturated heterocycles. The fourth-order valence-corrected chi connectivity index (χ4v) is 8.93. The van der Waals surface area contributed by atoms with Gasteiger partial charge < -0.3 is 31.3 Å². The molecule has 3 aliphatic heterocycles. The molecule has 70 heavy (non-hydrogen) atoms. The number of para-hydroxylation sites is 3. The average Bonchev–Trinajstić information content (AvgIpc) is 3.96. The number of aryl methyl sites for hydroxylation is 3. The molecule has 1 amide bonds. The number of benzene rings is 5. The van der Waals surface area contributed by atoms with Gasteiger partial charge >= 0.3 is 5.97 Å². The van der Waals surface area contributed by atoms with Crippen LogP contribution < -0.4 is 26.2 Å². The molecule has 0 saturated carbocycles. The molecule has 3 unspecified atom stereocenters. The summed E-state index contributed by atoms with van der Waals surface area (Å²) in [5.41, 5.74) is 21.5. The van der Waals surface area contributed by atoms with E-state index in [1.807, 2.05) is 78.9 Å².